The molecule has 1 unspecified atom stereocenters. The van der Waals surface area contributed by atoms with E-state index in [4.69, 9.17) is 0 Å². The summed E-state index contributed by atoms with van der Waals surface area (Å²) in [6, 6.07) is 21.7. The number of carbonyl (C=O) groups is 4. The van der Waals surface area contributed by atoms with E-state index in [0.29, 0.717) is 12.0 Å². The largest absolute Gasteiger partial charge is 0.325 e. The summed E-state index contributed by atoms with van der Waals surface area (Å²) in [5, 5.41) is 4.70. The van der Waals surface area contributed by atoms with Crippen LogP contribution in [0.1, 0.15) is 24.5 Å². The van der Waals surface area contributed by atoms with Gasteiger partial charge in [-0.2, -0.15) is 0 Å². The highest BCUT2D eigenvalue weighted by atomic mass is 16.2. The minimum Gasteiger partial charge on any atom is -0.319 e. The summed E-state index contributed by atoms with van der Waals surface area (Å²) in [7, 11) is 0. The standard InChI is InChI=1S/C25H24N4O4/c1-2-25(19-12-4-3-5-13-19)23(32)29(24(33)26-25)16-22(31)28-27-21(30)15-18-11-8-10-17-9-6-7-14-20(17)18/h3-14H,2,15-16H2,1H3,(H,26,33)(H,27,30)(H,28,31). The maximum Gasteiger partial charge on any atom is 0.325 e. The zero-order valence-corrected chi connectivity index (χ0v) is 18.1. The summed E-state index contributed by atoms with van der Waals surface area (Å²) < 4.78 is 0. The van der Waals surface area contributed by atoms with Crippen LogP contribution < -0.4 is 16.2 Å². The monoisotopic (exact) mass is 444 g/mol. The van der Waals surface area contributed by atoms with Crippen molar-refractivity contribution in [3.63, 3.8) is 0 Å². The van der Waals surface area contributed by atoms with Gasteiger partial charge in [-0.3, -0.25) is 30.1 Å². The molecule has 0 saturated carbocycles. The summed E-state index contributed by atoms with van der Waals surface area (Å²) in [6.45, 7) is 1.29. The van der Waals surface area contributed by atoms with Crippen molar-refractivity contribution in [3.8, 4) is 0 Å². The van der Waals surface area contributed by atoms with Crippen molar-refractivity contribution >= 4 is 34.5 Å². The summed E-state index contributed by atoms with van der Waals surface area (Å²) in [4.78, 5) is 51.2. The number of urea groups is 1. The van der Waals surface area contributed by atoms with E-state index in [-0.39, 0.29) is 6.42 Å². The number of imide groups is 1. The van der Waals surface area contributed by atoms with Crippen LogP contribution in [0.15, 0.2) is 72.8 Å². The predicted octanol–water partition coefficient (Wildman–Crippen LogP) is 2.39. The van der Waals surface area contributed by atoms with Crippen LogP contribution in [0.2, 0.25) is 0 Å². The Bertz CT molecular complexity index is 1220. The van der Waals surface area contributed by atoms with Crippen LogP contribution >= 0.6 is 0 Å². The van der Waals surface area contributed by atoms with E-state index >= 15 is 0 Å². The first-order chi connectivity index (χ1) is 15.9. The molecule has 8 nitrogen and oxygen atoms in total. The third-order valence-corrected chi connectivity index (χ3v) is 5.85. The Morgan fingerprint density at radius 2 is 1.55 bits per heavy atom. The van der Waals surface area contributed by atoms with E-state index in [9.17, 15) is 19.2 Å². The number of nitrogens with zero attached hydrogens (tertiary/aromatic N) is 1. The number of carbonyl (C=O) groups excluding carboxylic acids is 4. The van der Waals surface area contributed by atoms with Crippen LogP contribution in [0.5, 0.6) is 0 Å². The van der Waals surface area contributed by atoms with Gasteiger partial charge in [-0.05, 0) is 28.3 Å². The van der Waals surface area contributed by atoms with E-state index in [0.717, 1.165) is 21.2 Å². The molecule has 3 aromatic carbocycles. The lowest BCUT2D eigenvalue weighted by Gasteiger charge is -2.25. The van der Waals surface area contributed by atoms with Gasteiger partial charge in [-0.15, -0.1) is 0 Å². The van der Waals surface area contributed by atoms with Gasteiger partial charge in [0, 0.05) is 0 Å². The summed E-state index contributed by atoms with van der Waals surface area (Å²) in [5.74, 6) is -1.59. The molecular formula is C25H24N4O4. The fourth-order valence-electron chi connectivity index (χ4n) is 4.12. The Kier molecular flexibility index (Phi) is 6.08. The second-order valence-electron chi connectivity index (χ2n) is 7.86. The molecule has 1 saturated heterocycles. The van der Waals surface area contributed by atoms with E-state index in [1.165, 1.54) is 0 Å². The van der Waals surface area contributed by atoms with E-state index in [1.54, 1.807) is 31.2 Å². The average Bonchev–Trinajstić information content (AvgIpc) is 3.08. The smallest absolute Gasteiger partial charge is 0.319 e. The van der Waals surface area contributed by atoms with Crippen molar-refractivity contribution in [1.82, 2.24) is 21.1 Å². The first-order valence-corrected chi connectivity index (χ1v) is 10.7. The van der Waals surface area contributed by atoms with Crippen molar-refractivity contribution in [1.29, 1.82) is 0 Å². The number of benzene rings is 3. The Morgan fingerprint density at radius 1 is 0.879 bits per heavy atom. The summed E-state index contributed by atoms with van der Waals surface area (Å²) in [5.41, 5.74) is 4.91. The third kappa shape index (κ3) is 4.27. The van der Waals surface area contributed by atoms with Gasteiger partial charge in [0.15, 0.2) is 0 Å². The summed E-state index contributed by atoms with van der Waals surface area (Å²) in [6.07, 6.45) is 0.402. The minimum atomic E-state index is -1.21. The molecule has 1 aliphatic rings. The maximum absolute atomic E-state index is 13.1. The summed E-state index contributed by atoms with van der Waals surface area (Å²) >= 11 is 0. The molecule has 0 aliphatic carbocycles. The molecule has 1 atom stereocenters. The molecule has 3 aromatic rings. The second kappa shape index (κ2) is 9.12. The Morgan fingerprint density at radius 3 is 2.30 bits per heavy atom. The van der Waals surface area contributed by atoms with E-state index < -0.39 is 35.8 Å². The Balaban J connectivity index is 1.37. The maximum atomic E-state index is 13.1. The van der Waals surface area contributed by atoms with Gasteiger partial charge in [0.2, 0.25) is 5.91 Å². The SMILES string of the molecule is CCC1(c2ccccc2)NC(=O)N(CC(=O)NNC(=O)Cc2cccc3ccccc23)C1=O. The average molecular weight is 444 g/mol. The molecular weight excluding hydrogens is 420 g/mol. The van der Waals surface area contributed by atoms with Gasteiger partial charge in [0.1, 0.15) is 12.1 Å². The van der Waals surface area contributed by atoms with Gasteiger partial charge in [-0.25, -0.2) is 4.79 Å². The van der Waals surface area contributed by atoms with Crippen LogP contribution in [-0.2, 0) is 26.3 Å². The van der Waals surface area contributed by atoms with Gasteiger partial charge in [0.05, 0.1) is 6.42 Å². The number of rotatable bonds is 6. The molecule has 0 bridgehead atoms. The molecule has 1 fully saturated rings. The van der Waals surface area contributed by atoms with Gasteiger partial charge < -0.3 is 5.32 Å². The van der Waals surface area contributed by atoms with Crippen LogP contribution in [0, 0.1) is 0 Å². The van der Waals surface area contributed by atoms with Crippen molar-refractivity contribution < 1.29 is 19.2 Å². The molecule has 3 N–H and O–H groups in total. The van der Waals surface area contributed by atoms with Crippen LogP contribution in [0.4, 0.5) is 4.79 Å². The molecule has 0 spiro atoms. The molecule has 4 rings (SSSR count). The Hall–Kier alpha value is -4.20. The van der Waals surface area contributed by atoms with Crippen molar-refractivity contribution in [2.45, 2.75) is 25.3 Å². The molecule has 33 heavy (non-hydrogen) atoms. The first kappa shape index (κ1) is 22.0. The predicted molar refractivity (Wildman–Crippen MR) is 123 cm³/mol. The zero-order valence-electron chi connectivity index (χ0n) is 18.1. The first-order valence-electron chi connectivity index (χ1n) is 10.7. The van der Waals surface area contributed by atoms with E-state index in [2.05, 4.69) is 16.2 Å². The van der Waals surface area contributed by atoms with E-state index in [1.807, 2.05) is 48.5 Å². The minimum absolute atomic E-state index is 0.0672. The van der Waals surface area contributed by atoms with Crippen molar-refractivity contribution in [2.24, 2.45) is 0 Å². The quantitative estimate of drug-likeness (QED) is 0.401. The highest BCUT2D eigenvalue weighted by Gasteiger charge is 2.51. The van der Waals surface area contributed by atoms with Crippen LogP contribution in [-0.4, -0.2) is 35.2 Å². The number of hydrogen-bond acceptors (Lipinski definition) is 4. The highest BCUT2D eigenvalue weighted by Crippen LogP contribution is 2.32. The Labute approximate surface area is 190 Å². The number of fused-ring (bicyclic) bond motifs is 1. The zero-order chi connectivity index (χ0) is 23.4. The van der Waals surface area contributed by atoms with Crippen LogP contribution in [0.25, 0.3) is 10.8 Å². The van der Waals surface area contributed by atoms with Gasteiger partial charge in [-0.1, -0.05) is 79.7 Å². The molecule has 0 radical (unpaired) electrons. The number of hydrogen-bond donors (Lipinski definition) is 3. The molecule has 0 aromatic heterocycles. The third-order valence-electron chi connectivity index (χ3n) is 5.85. The lowest BCUT2D eigenvalue weighted by molar-refractivity contribution is -0.136. The number of hydrazine groups is 1. The van der Waals surface area contributed by atoms with Crippen molar-refractivity contribution in [2.75, 3.05) is 6.54 Å². The van der Waals surface area contributed by atoms with Gasteiger partial charge >= 0.3 is 6.03 Å². The molecule has 1 aliphatic heterocycles. The molecule has 1 heterocycles. The fraction of sp³-hybridized carbons (Fsp3) is 0.200. The van der Waals surface area contributed by atoms with Crippen molar-refractivity contribution in [3.05, 3.63) is 83.9 Å². The fourth-order valence-corrected chi connectivity index (χ4v) is 4.12. The highest BCUT2D eigenvalue weighted by molar-refractivity contribution is 6.09. The lowest BCUT2D eigenvalue weighted by Crippen LogP contribution is -2.49. The normalized spacial score (nSPS) is 17.7. The number of amides is 5. The van der Waals surface area contributed by atoms with Crippen LogP contribution in [0.3, 0.4) is 0 Å². The molecule has 5 amide bonds. The lowest BCUT2D eigenvalue weighted by atomic mass is 9.87. The molecule has 8 heteroatoms. The number of nitrogens with one attached hydrogen (secondary N) is 3. The topological polar surface area (TPSA) is 108 Å². The molecule has 168 valence electrons. The second-order valence-corrected chi connectivity index (χ2v) is 7.86. The van der Waals surface area contributed by atoms with Gasteiger partial charge in [0.25, 0.3) is 11.8 Å².